The van der Waals surface area contributed by atoms with Gasteiger partial charge in [0.05, 0.1) is 5.69 Å². The fourth-order valence-electron chi connectivity index (χ4n) is 2.21. The van der Waals surface area contributed by atoms with Crippen molar-refractivity contribution in [1.82, 2.24) is 0 Å². The molecule has 0 bridgehead atoms. The van der Waals surface area contributed by atoms with E-state index in [0.717, 1.165) is 5.56 Å². The van der Waals surface area contributed by atoms with Crippen LogP contribution in [0, 0.1) is 6.92 Å². The Morgan fingerprint density at radius 2 is 1.67 bits per heavy atom. The monoisotopic (exact) mass is 390 g/mol. The zero-order chi connectivity index (χ0) is 17.1. The molecule has 1 heterocycles. The van der Waals surface area contributed by atoms with Crippen molar-refractivity contribution in [2.75, 3.05) is 23.8 Å². The van der Waals surface area contributed by atoms with Crippen LogP contribution in [0.2, 0.25) is 0 Å². The number of rotatable bonds is 2. The number of benzene rings is 2. The molecule has 0 spiro atoms. The van der Waals surface area contributed by atoms with Gasteiger partial charge < -0.3 is 20.1 Å². The van der Waals surface area contributed by atoms with Crippen LogP contribution in [-0.2, 0) is 9.59 Å². The topological polar surface area (TPSA) is 76.7 Å². The summed E-state index contributed by atoms with van der Waals surface area (Å²) in [6.45, 7) is 2.88. The zero-order valence-corrected chi connectivity index (χ0v) is 14.5. The van der Waals surface area contributed by atoms with Crippen LogP contribution in [0.15, 0.2) is 40.9 Å². The van der Waals surface area contributed by atoms with Crippen LogP contribution in [0.25, 0.3) is 0 Å². The van der Waals surface area contributed by atoms with Crippen molar-refractivity contribution in [1.29, 1.82) is 0 Å². The van der Waals surface area contributed by atoms with Gasteiger partial charge in [-0.2, -0.15) is 0 Å². The Bertz CT molecular complexity index is 807. The second-order valence-electron chi connectivity index (χ2n) is 5.25. The second-order valence-corrected chi connectivity index (χ2v) is 6.10. The number of anilines is 2. The molecule has 124 valence electrons. The van der Waals surface area contributed by atoms with Crippen LogP contribution in [0.5, 0.6) is 11.5 Å². The van der Waals surface area contributed by atoms with E-state index in [1.54, 1.807) is 24.3 Å². The first-order valence-corrected chi connectivity index (χ1v) is 8.10. The van der Waals surface area contributed by atoms with E-state index in [2.05, 4.69) is 26.6 Å². The first-order chi connectivity index (χ1) is 11.5. The van der Waals surface area contributed by atoms with E-state index in [4.69, 9.17) is 9.47 Å². The maximum atomic E-state index is 12.1. The summed E-state index contributed by atoms with van der Waals surface area (Å²) in [5, 5.41) is 5.11. The van der Waals surface area contributed by atoms with Gasteiger partial charge in [-0.3, -0.25) is 9.59 Å². The van der Waals surface area contributed by atoms with Crippen LogP contribution in [0.4, 0.5) is 11.4 Å². The predicted octanol–water partition coefficient (Wildman–Crippen LogP) is 3.11. The van der Waals surface area contributed by atoms with Crippen molar-refractivity contribution in [2.45, 2.75) is 6.92 Å². The third-order valence-corrected chi connectivity index (χ3v) is 4.04. The predicted molar refractivity (Wildman–Crippen MR) is 93.6 cm³/mol. The Morgan fingerprint density at radius 3 is 2.42 bits per heavy atom. The number of halogens is 1. The fraction of sp³-hybridized carbons (Fsp3) is 0.176. The van der Waals surface area contributed by atoms with E-state index in [0.29, 0.717) is 40.6 Å². The van der Waals surface area contributed by atoms with E-state index in [-0.39, 0.29) is 0 Å². The summed E-state index contributed by atoms with van der Waals surface area (Å²) in [4.78, 5) is 24.1. The van der Waals surface area contributed by atoms with E-state index in [9.17, 15) is 9.59 Å². The number of amides is 2. The molecule has 2 amide bonds. The Balaban J connectivity index is 1.67. The zero-order valence-electron chi connectivity index (χ0n) is 12.9. The summed E-state index contributed by atoms with van der Waals surface area (Å²) in [5.41, 5.74) is 2.03. The van der Waals surface area contributed by atoms with Crippen LogP contribution >= 0.6 is 15.9 Å². The fourth-order valence-corrected chi connectivity index (χ4v) is 2.80. The summed E-state index contributed by atoms with van der Waals surface area (Å²) in [7, 11) is 0. The molecule has 1 aliphatic heterocycles. The normalized spacial score (nSPS) is 12.4. The standard InChI is InChI=1S/C17H15BrN2O4/c1-10-2-4-13(12(18)8-10)20-17(22)16(21)19-11-3-5-14-15(9-11)24-7-6-23-14/h2-5,8-9H,6-7H2,1H3,(H,19,21)(H,20,22). The molecule has 3 rings (SSSR count). The van der Waals surface area contributed by atoms with Crippen molar-refractivity contribution >= 4 is 39.1 Å². The Kier molecular flexibility index (Phi) is 4.71. The Labute approximate surface area is 147 Å². The summed E-state index contributed by atoms with van der Waals surface area (Å²) in [6, 6.07) is 10.4. The molecule has 0 radical (unpaired) electrons. The van der Waals surface area contributed by atoms with Gasteiger partial charge in [0.15, 0.2) is 11.5 Å². The quantitative estimate of drug-likeness (QED) is 0.772. The molecule has 0 aromatic heterocycles. The van der Waals surface area contributed by atoms with E-state index in [1.807, 2.05) is 19.1 Å². The number of carbonyl (C=O) groups excluding carboxylic acids is 2. The molecule has 2 aromatic carbocycles. The highest BCUT2D eigenvalue weighted by atomic mass is 79.9. The molecular formula is C17H15BrN2O4. The molecule has 0 fully saturated rings. The van der Waals surface area contributed by atoms with E-state index >= 15 is 0 Å². The lowest BCUT2D eigenvalue weighted by Gasteiger charge is -2.18. The number of carbonyl (C=O) groups is 2. The summed E-state index contributed by atoms with van der Waals surface area (Å²) in [5.74, 6) is -0.360. The maximum absolute atomic E-state index is 12.1. The van der Waals surface area contributed by atoms with Gasteiger partial charge in [-0.1, -0.05) is 6.07 Å². The molecule has 1 aliphatic rings. The van der Waals surface area contributed by atoms with Crippen molar-refractivity contribution in [3.8, 4) is 11.5 Å². The van der Waals surface area contributed by atoms with E-state index in [1.165, 1.54) is 0 Å². The third kappa shape index (κ3) is 3.68. The van der Waals surface area contributed by atoms with Gasteiger partial charge in [0.25, 0.3) is 0 Å². The van der Waals surface area contributed by atoms with Gasteiger partial charge in [0, 0.05) is 16.2 Å². The largest absolute Gasteiger partial charge is 0.486 e. The molecule has 6 nitrogen and oxygen atoms in total. The summed E-state index contributed by atoms with van der Waals surface area (Å²) < 4.78 is 11.6. The van der Waals surface area contributed by atoms with Crippen LogP contribution in [-0.4, -0.2) is 25.0 Å². The molecule has 24 heavy (non-hydrogen) atoms. The van der Waals surface area contributed by atoms with Gasteiger partial charge in [-0.15, -0.1) is 0 Å². The minimum Gasteiger partial charge on any atom is -0.486 e. The highest BCUT2D eigenvalue weighted by molar-refractivity contribution is 9.10. The van der Waals surface area contributed by atoms with Gasteiger partial charge in [0.2, 0.25) is 0 Å². The summed E-state index contributed by atoms with van der Waals surface area (Å²) in [6.07, 6.45) is 0. The lowest BCUT2D eigenvalue weighted by Crippen LogP contribution is -2.29. The minimum absolute atomic E-state index is 0.451. The first kappa shape index (κ1) is 16.3. The SMILES string of the molecule is Cc1ccc(NC(=O)C(=O)Nc2ccc3c(c2)OCCO3)c(Br)c1. The van der Waals surface area contributed by atoms with Crippen LogP contribution < -0.4 is 20.1 Å². The smallest absolute Gasteiger partial charge is 0.314 e. The van der Waals surface area contributed by atoms with Crippen molar-refractivity contribution < 1.29 is 19.1 Å². The molecule has 0 atom stereocenters. The Hall–Kier alpha value is -2.54. The number of fused-ring (bicyclic) bond motifs is 1. The van der Waals surface area contributed by atoms with Gasteiger partial charge in [-0.05, 0) is 52.7 Å². The number of aryl methyl sites for hydroxylation is 1. The van der Waals surface area contributed by atoms with Crippen molar-refractivity contribution in [3.05, 3.63) is 46.4 Å². The van der Waals surface area contributed by atoms with Crippen LogP contribution in [0.3, 0.4) is 0 Å². The average molecular weight is 391 g/mol. The molecule has 0 saturated heterocycles. The van der Waals surface area contributed by atoms with E-state index < -0.39 is 11.8 Å². The summed E-state index contributed by atoms with van der Waals surface area (Å²) >= 11 is 3.36. The third-order valence-electron chi connectivity index (χ3n) is 3.38. The Morgan fingerprint density at radius 1 is 0.958 bits per heavy atom. The number of hydrogen-bond donors (Lipinski definition) is 2. The lowest BCUT2D eigenvalue weighted by molar-refractivity contribution is -0.133. The van der Waals surface area contributed by atoms with Gasteiger partial charge in [0.1, 0.15) is 13.2 Å². The molecule has 2 aromatic rings. The molecule has 2 N–H and O–H groups in total. The number of ether oxygens (including phenoxy) is 2. The maximum Gasteiger partial charge on any atom is 0.314 e. The molecule has 0 saturated carbocycles. The number of nitrogens with one attached hydrogen (secondary N) is 2. The average Bonchev–Trinajstić information content (AvgIpc) is 2.57. The van der Waals surface area contributed by atoms with Gasteiger partial charge in [-0.25, -0.2) is 0 Å². The molecule has 0 aliphatic carbocycles. The highest BCUT2D eigenvalue weighted by Crippen LogP contribution is 2.32. The molecule has 0 unspecified atom stereocenters. The second kappa shape index (κ2) is 6.92. The van der Waals surface area contributed by atoms with Crippen molar-refractivity contribution in [2.24, 2.45) is 0 Å². The van der Waals surface area contributed by atoms with Crippen molar-refractivity contribution in [3.63, 3.8) is 0 Å². The highest BCUT2D eigenvalue weighted by Gasteiger charge is 2.17. The minimum atomic E-state index is -0.765. The number of hydrogen-bond acceptors (Lipinski definition) is 4. The first-order valence-electron chi connectivity index (χ1n) is 7.31. The van der Waals surface area contributed by atoms with Gasteiger partial charge >= 0.3 is 11.8 Å². The molecule has 7 heteroatoms. The molecular weight excluding hydrogens is 376 g/mol. The van der Waals surface area contributed by atoms with Crippen LogP contribution in [0.1, 0.15) is 5.56 Å². The lowest BCUT2D eigenvalue weighted by atomic mass is 10.2.